The number of benzene rings is 2. The summed E-state index contributed by atoms with van der Waals surface area (Å²) in [5, 5.41) is 8.58. The second kappa shape index (κ2) is 8.89. The third-order valence-electron chi connectivity index (χ3n) is 7.18. The van der Waals surface area contributed by atoms with Crippen LogP contribution in [0.2, 0.25) is 0 Å². The molecule has 5 aromatic rings. The van der Waals surface area contributed by atoms with Gasteiger partial charge in [0.1, 0.15) is 36.2 Å². The van der Waals surface area contributed by atoms with Gasteiger partial charge in [-0.15, -0.1) is 0 Å². The van der Waals surface area contributed by atoms with E-state index < -0.39 is 0 Å². The highest BCUT2D eigenvalue weighted by Crippen LogP contribution is 2.39. The molecule has 2 saturated heterocycles. The lowest BCUT2D eigenvalue weighted by molar-refractivity contribution is -0.117. The van der Waals surface area contributed by atoms with Crippen LogP contribution in [0.1, 0.15) is 5.56 Å². The number of likely N-dealkylation sites (N-methyl/N-ethyl adjacent to an activating group) is 1. The Morgan fingerprint density at radius 3 is 2.79 bits per heavy atom. The highest BCUT2D eigenvalue weighted by atomic mass is 16.5. The Morgan fingerprint density at radius 2 is 1.92 bits per heavy atom. The fourth-order valence-corrected chi connectivity index (χ4v) is 5.35. The number of hydrogen-bond acceptors (Lipinski definition) is 10. The summed E-state index contributed by atoms with van der Waals surface area (Å²) >= 11 is 0. The van der Waals surface area contributed by atoms with Gasteiger partial charge < -0.3 is 24.6 Å². The first-order valence-electron chi connectivity index (χ1n) is 12.6. The Kier molecular flexibility index (Phi) is 5.34. The predicted octanol–water partition coefficient (Wildman–Crippen LogP) is 3.43. The van der Waals surface area contributed by atoms with Crippen molar-refractivity contribution in [3.05, 3.63) is 67.0 Å². The molecule has 7 rings (SSSR count). The first kappa shape index (κ1) is 22.8. The molecular weight excluding hydrogens is 482 g/mol. The summed E-state index contributed by atoms with van der Waals surface area (Å²) in [7, 11) is 2.16. The number of aromatic nitrogens is 6. The zero-order chi connectivity index (χ0) is 25.7. The van der Waals surface area contributed by atoms with Crippen molar-refractivity contribution >= 4 is 33.7 Å². The quantitative estimate of drug-likeness (QED) is 0.379. The van der Waals surface area contributed by atoms with Crippen LogP contribution in [0.25, 0.3) is 16.6 Å². The van der Waals surface area contributed by atoms with Crippen molar-refractivity contribution in [3.63, 3.8) is 0 Å². The topological polar surface area (TPSA) is 106 Å². The molecule has 11 heteroatoms. The Hall–Kier alpha value is -4.35. The molecule has 2 aliphatic heterocycles. The van der Waals surface area contributed by atoms with Crippen LogP contribution in [0.15, 0.2) is 61.4 Å². The van der Waals surface area contributed by atoms with Gasteiger partial charge in [0.2, 0.25) is 5.88 Å². The van der Waals surface area contributed by atoms with Crippen LogP contribution in [0.4, 0.5) is 17.2 Å². The number of morpholine rings is 1. The molecule has 2 aromatic carbocycles. The van der Waals surface area contributed by atoms with E-state index in [2.05, 4.69) is 59.3 Å². The molecule has 3 aromatic heterocycles. The van der Waals surface area contributed by atoms with Crippen LogP contribution >= 0.6 is 0 Å². The summed E-state index contributed by atoms with van der Waals surface area (Å²) in [6, 6.07) is 13.9. The predicted molar refractivity (Wildman–Crippen MR) is 143 cm³/mol. The van der Waals surface area contributed by atoms with Gasteiger partial charge in [-0.3, -0.25) is 0 Å². The van der Waals surface area contributed by atoms with E-state index in [4.69, 9.17) is 9.47 Å². The monoisotopic (exact) mass is 509 g/mol. The number of fused-ring (bicyclic) bond motifs is 2. The maximum absolute atomic E-state index is 6.19. The van der Waals surface area contributed by atoms with Gasteiger partial charge in [0.25, 0.3) is 0 Å². The van der Waals surface area contributed by atoms with Gasteiger partial charge >= 0.3 is 0 Å². The number of rotatable bonds is 5. The number of hydrogen-bond donors (Lipinski definition) is 1. The zero-order valence-corrected chi connectivity index (χ0v) is 21.2. The number of aryl methyl sites for hydroxylation is 1. The van der Waals surface area contributed by atoms with Crippen LogP contribution in [-0.2, 0) is 4.74 Å². The Balaban J connectivity index is 1.14. The lowest BCUT2D eigenvalue weighted by atomic mass is 9.90. The van der Waals surface area contributed by atoms with Gasteiger partial charge in [-0.1, -0.05) is 6.07 Å². The molecule has 0 atom stereocenters. The van der Waals surface area contributed by atoms with Gasteiger partial charge in [-0.05, 0) is 49.9 Å². The maximum Gasteiger partial charge on any atom is 0.224 e. The number of nitrogens with zero attached hydrogens (tertiary/aromatic N) is 8. The molecule has 2 fully saturated rings. The lowest BCUT2D eigenvalue weighted by Crippen LogP contribution is -2.70. The van der Waals surface area contributed by atoms with E-state index in [-0.39, 0.29) is 5.60 Å². The third-order valence-corrected chi connectivity index (χ3v) is 7.18. The summed E-state index contributed by atoms with van der Waals surface area (Å²) in [4.78, 5) is 22.4. The third kappa shape index (κ3) is 4.05. The fourth-order valence-electron chi connectivity index (χ4n) is 5.35. The van der Waals surface area contributed by atoms with E-state index in [1.165, 1.54) is 6.33 Å². The molecule has 38 heavy (non-hydrogen) atoms. The van der Waals surface area contributed by atoms with E-state index in [1.54, 1.807) is 23.2 Å². The Bertz CT molecular complexity index is 1640. The van der Waals surface area contributed by atoms with E-state index in [0.717, 1.165) is 66.4 Å². The lowest BCUT2D eigenvalue weighted by Gasteiger charge is -2.54. The van der Waals surface area contributed by atoms with E-state index >= 15 is 0 Å². The smallest absolute Gasteiger partial charge is 0.224 e. The van der Waals surface area contributed by atoms with Gasteiger partial charge in [-0.25, -0.2) is 24.5 Å². The van der Waals surface area contributed by atoms with Crippen molar-refractivity contribution in [1.29, 1.82) is 0 Å². The summed E-state index contributed by atoms with van der Waals surface area (Å²) in [5.74, 6) is 1.94. The van der Waals surface area contributed by atoms with Crippen LogP contribution in [-0.4, -0.2) is 79.9 Å². The van der Waals surface area contributed by atoms with Crippen LogP contribution in [0.3, 0.4) is 0 Å². The van der Waals surface area contributed by atoms with Crippen LogP contribution in [0.5, 0.6) is 11.6 Å². The minimum atomic E-state index is -0.0984. The van der Waals surface area contributed by atoms with Crippen molar-refractivity contribution in [2.24, 2.45) is 0 Å². The average Bonchev–Trinajstić information content (AvgIpc) is 3.37. The molecule has 11 nitrogen and oxygen atoms in total. The molecular formula is C27H27N9O2. The molecule has 1 spiro atoms. The molecule has 0 amide bonds. The van der Waals surface area contributed by atoms with Crippen molar-refractivity contribution in [1.82, 2.24) is 34.4 Å². The first-order valence-corrected chi connectivity index (χ1v) is 12.6. The normalized spacial score (nSPS) is 17.2. The standard InChI is InChI=1S/C27H27N9O2/c1-18-10-19(6-7-22(18)38-24-11-23-29-16-32-36(23)17-31-24)33-26-25-20(28-15-30-26)4-3-5-21(25)35-13-27(14-35)12-34(2)8-9-37-27/h3-7,10-11,15-17H,8-9,12-14H2,1-2H3,(H,28,30,33). The van der Waals surface area contributed by atoms with Gasteiger partial charge in [0.15, 0.2) is 5.65 Å². The highest BCUT2D eigenvalue weighted by Gasteiger charge is 2.47. The molecule has 0 aliphatic carbocycles. The van der Waals surface area contributed by atoms with Gasteiger partial charge in [0, 0.05) is 24.8 Å². The molecule has 1 N–H and O–H groups in total. The number of ether oxygens (including phenoxy) is 2. The molecule has 0 radical (unpaired) electrons. The van der Waals surface area contributed by atoms with E-state index in [9.17, 15) is 0 Å². The van der Waals surface area contributed by atoms with Crippen molar-refractivity contribution in [3.8, 4) is 11.6 Å². The van der Waals surface area contributed by atoms with E-state index in [0.29, 0.717) is 17.3 Å². The first-order chi connectivity index (χ1) is 18.6. The van der Waals surface area contributed by atoms with Crippen molar-refractivity contribution in [2.75, 3.05) is 50.1 Å². The fraction of sp³-hybridized carbons (Fsp3) is 0.296. The van der Waals surface area contributed by atoms with Crippen molar-refractivity contribution < 1.29 is 9.47 Å². The number of nitrogens with one attached hydrogen (secondary N) is 1. The molecule has 0 saturated carbocycles. The SMILES string of the molecule is Cc1cc(Nc2ncnc3cccc(N4CC5(CN(C)CCO5)C4)c23)ccc1Oc1cc2ncnn2cn1. The average molecular weight is 510 g/mol. The summed E-state index contributed by atoms with van der Waals surface area (Å²) in [6.45, 7) is 6.41. The van der Waals surface area contributed by atoms with Gasteiger partial charge in [0.05, 0.1) is 36.3 Å². The summed E-state index contributed by atoms with van der Waals surface area (Å²) in [5.41, 5.74) is 4.45. The number of anilines is 3. The molecule has 0 bridgehead atoms. The summed E-state index contributed by atoms with van der Waals surface area (Å²) < 4.78 is 13.8. The van der Waals surface area contributed by atoms with Crippen molar-refractivity contribution in [2.45, 2.75) is 12.5 Å². The van der Waals surface area contributed by atoms with Crippen LogP contribution < -0.4 is 15.0 Å². The largest absolute Gasteiger partial charge is 0.439 e. The molecule has 192 valence electrons. The molecule has 0 unspecified atom stereocenters. The highest BCUT2D eigenvalue weighted by molar-refractivity contribution is 6.01. The van der Waals surface area contributed by atoms with Gasteiger partial charge in [-0.2, -0.15) is 5.10 Å². The molecule has 5 heterocycles. The Morgan fingerprint density at radius 1 is 1.00 bits per heavy atom. The maximum atomic E-state index is 6.19. The van der Waals surface area contributed by atoms with E-state index in [1.807, 2.05) is 31.2 Å². The second-order valence-corrected chi connectivity index (χ2v) is 10.0. The zero-order valence-electron chi connectivity index (χ0n) is 21.2. The Labute approximate surface area is 219 Å². The van der Waals surface area contributed by atoms with Crippen LogP contribution in [0, 0.1) is 6.92 Å². The minimum absolute atomic E-state index is 0.0984. The second-order valence-electron chi connectivity index (χ2n) is 10.0. The minimum Gasteiger partial charge on any atom is -0.439 e. The molecule has 2 aliphatic rings. The summed E-state index contributed by atoms with van der Waals surface area (Å²) in [6.07, 6.45) is 4.67.